The van der Waals surface area contributed by atoms with Crippen LogP contribution in [0.3, 0.4) is 0 Å². The van der Waals surface area contributed by atoms with Crippen molar-refractivity contribution in [2.75, 3.05) is 13.1 Å². The summed E-state index contributed by atoms with van der Waals surface area (Å²) in [5.74, 6) is -0.0430. The second-order valence-electron chi connectivity index (χ2n) is 5.44. The lowest BCUT2D eigenvalue weighted by Gasteiger charge is -2.43. The number of oxime groups is 1. The Morgan fingerprint density at radius 1 is 1.35 bits per heavy atom. The SMILES string of the molecule is CCCNC(=O)CCNC(=O)C1(C(N)=NO)CC(C)C1. The Labute approximate surface area is 119 Å². The van der Waals surface area contributed by atoms with Crippen molar-refractivity contribution in [1.29, 1.82) is 0 Å². The minimum Gasteiger partial charge on any atom is -0.409 e. The fourth-order valence-corrected chi connectivity index (χ4v) is 2.55. The van der Waals surface area contributed by atoms with Crippen LogP contribution < -0.4 is 16.4 Å². The molecule has 114 valence electrons. The Bertz CT molecular complexity index is 389. The van der Waals surface area contributed by atoms with Gasteiger partial charge >= 0.3 is 0 Å². The third-order valence-corrected chi connectivity index (χ3v) is 3.64. The Kier molecular flexibility index (Phi) is 5.79. The molecule has 0 atom stereocenters. The summed E-state index contributed by atoms with van der Waals surface area (Å²) in [4.78, 5) is 23.6. The smallest absolute Gasteiger partial charge is 0.233 e. The molecule has 0 spiro atoms. The van der Waals surface area contributed by atoms with E-state index in [1.54, 1.807) is 0 Å². The zero-order valence-electron chi connectivity index (χ0n) is 12.1. The lowest BCUT2D eigenvalue weighted by molar-refractivity contribution is -0.133. The molecule has 0 aromatic rings. The van der Waals surface area contributed by atoms with Gasteiger partial charge in [-0.15, -0.1) is 0 Å². The minimum absolute atomic E-state index is 0.0523. The first-order valence-electron chi connectivity index (χ1n) is 6.99. The molecule has 0 unspecified atom stereocenters. The monoisotopic (exact) mass is 284 g/mol. The Morgan fingerprint density at radius 3 is 2.50 bits per heavy atom. The first-order chi connectivity index (χ1) is 9.46. The van der Waals surface area contributed by atoms with Crippen molar-refractivity contribution in [3.8, 4) is 0 Å². The molecular weight excluding hydrogens is 260 g/mol. The highest BCUT2D eigenvalue weighted by molar-refractivity contribution is 6.07. The van der Waals surface area contributed by atoms with Crippen LogP contribution in [0.5, 0.6) is 0 Å². The van der Waals surface area contributed by atoms with E-state index in [2.05, 4.69) is 15.8 Å². The molecule has 0 radical (unpaired) electrons. The third kappa shape index (κ3) is 3.61. The van der Waals surface area contributed by atoms with Crippen LogP contribution in [0.4, 0.5) is 0 Å². The van der Waals surface area contributed by atoms with Gasteiger partial charge in [0.15, 0.2) is 5.84 Å². The summed E-state index contributed by atoms with van der Waals surface area (Å²) in [6.07, 6.45) is 2.24. The molecule has 1 rings (SSSR count). The molecule has 0 heterocycles. The van der Waals surface area contributed by atoms with E-state index >= 15 is 0 Å². The van der Waals surface area contributed by atoms with Crippen molar-refractivity contribution in [2.45, 2.75) is 39.5 Å². The highest BCUT2D eigenvalue weighted by Gasteiger charge is 2.52. The van der Waals surface area contributed by atoms with E-state index in [1.807, 2.05) is 13.8 Å². The number of hydrogen-bond acceptors (Lipinski definition) is 4. The summed E-state index contributed by atoms with van der Waals surface area (Å²) >= 11 is 0. The summed E-state index contributed by atoms with van der Waals surface area (Å²) in [7, 11) is 0. The van der Waals surface area contributed by atoms with Crippen LogP contribution in [0.1, 0.15) is 39.5 Å². The van der Waals surface area contributed by atoms with Gasteiger partial charge in [0.1, 0.15) is 5.41 Å². The molecule has 2 amide bonds. The predicted octanol–water partition coefficient (Wildman–Crippen LogP) is 0.182. The molecule has 1 fully saturated rings. The maximum Gasteiger partial charge on any atom is 0.233 e. The van der Waals surface area contributed by atoms with E-state index < -0.39 is 5.41 Å². The van der Waals surface area contributed by atoms with Gasteiger partial charge in [-0.25, -0.2) is 0 Å². The number of nitrogens with two attached hydrogens (primary N) is 1. The summed E-state index contributed by atoms with van der Waals surface area (Å²) in [5.41, 5.74) is 4.72. The van der Waals surface area contributed by atoms with E-state index in [0.717, 1.165) is 6.42 Å². The molecule has 0 aliphatic heterocycles. The molecule has 20 heavy (non-hydrogen) atoms. The predicted molar refractivity (Wildman–Crippen MR) is 75.2 cm³/mol. The van der Waals surface area contributed by atoms with Crippen molar-refractivity contribution in [1.82, 2.24) is 10.6 Å². The van der Waals surface area contributed by atoms with Crippen molar-refractivity contribution >= 4 is 17.6 Å². The fourth-order valence-electron chi connectivity index (χ4n) is 2.55. The van der Waals surface area contributed by atoms with Gasteiger partial charge in [0.2, 0.25) is 11.8 Å². The normalized spacial score (nSPS) is 25.7. The van der Waals surface area contributed by atoms with Gasteiger partial charge in [-0.3, -0.25) is 9.59 Å². The molecule has 0 aromatic carbocycles. The van der Waals surface area contributed by atoms with E-state index in [-0.39, 0.29) is 30.6 Å². The van der Waals surface area contributed by atoms with Gasteiger partial charge in [-0.05, 0) is 25.2 Å². The van der Waals surface area contributed by atoms with Gasteiger partial charge in [-0.1, -0.05) is 19.0 Å². The summed E-state index contributed by atoms with van der Waals surface area (Å²) in [5, 5.41) is 17.2. The number of rotatable bonds is 7. The van der Waals surface area contributed by atoms with E-state index in [0.29, 0.717) is 25.3 Å². The van der Waals surface area contributed by atoms with Crippen LogP contribution in [-0.2, 0) is 9.59 Å². The topological polar surface area (TPSA) is 117 Å². The molecule has 1 aliphatic carbocycles. The first-order valence-corrected chi connectivity index (χ1v) is 6.99. The van der Waals surface area contributed by atoms with Crippen molar-refractivity contribution in [2.24, 2.45) is 22.2 Å². The Balaban J connectivity index is 2.43. The molecular formula is C13H24N4O3. The first kappa shape index (κ1) is 16.3. The zero-order chi connectivity index (χ0) is 15.2. The zero-order valence-corrected chi connectivity index (χ0v) is 12.1. The molecule has 0 bridgehead atoms. The number of hydrogen-bond donors (Lipinski definition) is 4. The van der Waals surface area contributed by atoms with Gasteiger partial charge in [0.05, 0.1) is 0 Å². The molecule has 0 aromatic heterocycles. The summed E-state index contributed by atoms with van der Waals surface area (Å²) < 4.78 is 0. The molecule has 5 N–H and O–H groups in total. The van der Waals surface area contributed by atoms with E-state index in [1.165, 1.54) is 0 Å². The second kappa shape index (κ2) is 7.12. The van der Waals surface area contributed by atoms with Crippen molar-refractivity contribution < 1.29 is 14.8 Å². The highest BCUT2D eigenvalue weighted by Crippen LogP contribution is 2.45. The summed E-state index contributed by atoms with van der Waals surface area (Å²) in [6, 6.07) is 0. The molecule has 1 saturated carbocycles. The van der Waals surface area contributed by atoms with Crippen LogP contribution in [0.25, 0.3) is 0 Å². The number of nitrogens with one attached hydrogen (secondary N) is 2. The van der Waals surface area contributed by atoms with E-state index in [4.69, 9.17) is 10.9 Å². The van der Waals surface area contributed by atoms with Crippen LogP contribution in [-0.4, -0.2) is 35.9 Å². The lowest BCUT2D eigenvalue weighted by Crippen LogP contribution is -2.57. The maximum atomic E-state index is 12.2. The lowest BCUT2D eigenvalue weighted by atomic mass is 9.61. The number of amides is 2. The van der Waals surface area contributed by atoms with Gasteiger partial charge in [-0.2, -0.15) is 0 Å². The second-order valence-corrected chi connectivity index (χ2v) is 5.44. The molecule has 7 nitrogen and oxygen atoms in total. The average molecular weight is 284 g/mol. The number of amidine groups is 1. The van der Waals surface area contributed by atoms with Gasteiger partial charge < -0.3 is 21.6 Å². The summed E-state index contributed by atoms with van der Waals surface area (Å²) in [6.45, 7) is 4.87. The number of carbonyl (C=O) groups is 2. The van der Waals surface area contributed by atoms with E-state index in [9.17, 15) is 9.59 Å². The highest BCUT2D eigenvalue weighted by atomic mass is 16.4. The van der Waals surface area contributed by atoms with Gasteiger partial charge in [0.25, 0.3) is 0 Å². The number of nitrogens with zero attached hydrogens (tertiary/aromatic N) is 1. The maximum absolute atomic E-state index is 12.2. The average Bonchev–Trinajstić information content (AvgIpc) is 2.40. The van der Waals surface area contributed by atoms with Gasteiger partial charge in [0, 0.05) is 19.5 Å². The number of carbonyl (C=O) groups excluding carboxylic acids is 2. The molecule has 7 heteroatoms. The largest absolute Gasteiger partial charge is 0.409 e. The van der Waals surface area contributed by atoms with Crippen molar-refractivity contribution in [3.63, 3.8) is 0 Å². The molecule has 0 saturated heterocycles. The Morgan fingerprint density at radius 2 is 2.00 bits per heavy atom. The third-order valence-electron chi connectivity index (χ3n) is 3.64. The van der Waals surface area contributed by atoms with Crippen LogP contribution in [0.15, 0.2) is 5.16 Å². The van der Waals surface area contributed by atoms with Crippen molar-refractivity contribution in [3.05, 3.63) is 0 Å². The fraction of sp³-hybridized carbons (Fsp3) is 0.769. The Hall–Kier alpha value is -1.79. The van der Waals surface area contributed by atoms with Crippen LogP contribution in [0.2, 0.25) is 0 Å². The quantitative estimate of drug-likeness (QED) is 0.231. The standard InChI is InChI=1S/C13H24N4O3/c1-3-5-15-10(18)4-6-16-12(19)13(11(14)17-20)7-9(2)8-13/h9,20H,3-8H2,1-2H3,(H2,14,17)(H,15,18)(H,16,19). The molecule has 1 aliphatic rings. The minimum atomic E-state index is -0.909. The van der Waals surface area contributed by atoms with Crippen LogP contribution >= 0.6 is 0 Å². The van der Waals surface area contributed by atoms with Crippen LogP contribution in [0, 0.1) is 11.3 Å².